The van der Waals surface area contributed by atoms with E-state index in [0.717, 1.165) is 4.31 Å². The lowest BCUT2D eigenvalue weighted by Crippen LogP contribution is -2.46. The number of carbonyl (C=O) groups excluding carboxylic acids is 1. The Hall–Kier alpha value is -1.89. The molecule has 3 rings (SSSR count). The first-order chi connectivity index (χ1) is 16.9. The number of nitrogens with zero attached hydrogens (tertiary/aromatic N) is 2. The minimum atomic E-state index is -3.63. The number of hydrogen-bond donors (Lipinski definition) is 1. The molecule has 1 saturated heterocycles. The number of hydrogen-bond acceptors (Lipinski definition) is 6. The van der Waals surface area contributed by atoms with Gasteiger partial charge in [0.15, 0.2) is 0 Å². The van der Waals surface area contributed by atoms with E-state index in [9.17, 15) is 21.6 Å². The highest BCUT2D eigenvalue weighted by molar-refractivity contribution is 7.89. The summed E-state index contributed by atoms with van der Waals surface area (Å²) >= 11 is 11.9. The Morgan fingerprint density at radius 1 is 1.08 bits per heavy atom. The van der Waals surface area contributed by atoms with Crippen LogP contribution >= 0.6 is 23.2 Å². The normalized spacial score (nSPS) is 17.2. The second kappa shape index (κ2) is 12.1. The molecule has 0 saturated carbocycles. The van der Waals surface area contributed by atoms with Gasteiger partial charge < -0.3 is 10.1 Å². The van der Waals surface area contributed by atoms with Crippen LogP contribution in [-0.4, -0.2) is 71.7 Å². The fourth-order valence-electron chi connectivity index (χ4n) is 3.75. The second-order valence-electron chi connectivity index (χ2n) is 8.60. The Morgan fingerprint density at radius 3 is 2.42 bits per heavy atom. The molecule has 1 heterocycles. The van der Waals surface area contributed by atoms with Crippen molar-refractivity contribution in [3.8, 4) is 5.75 Å². The van der Waals surface area contributed by atoms with Crippen molar-refractivity contribution in [2.45, 2.75) is 23.5 Å². The van der Waals surface area contributed by atoms with Crippen molar-refractivity contribution in [1.82, 2.24) is 13.9 Å². The van der Waals surface area contributed by atoms with Crippen molar-refractivity contribution in [2.75, 3.05) is 40.3 Å². The van der Waals surface area contributed by atoms with Crippen molar-refractivity contribution in [3.63, 3.8) is 0 Å². The number of carbonyl (C=O) groups is 1. The predicted molar refractivity (Wildman–Crippen MR) is 139 cm³/mol. The molecule has 1 amide bonds. The first-order valence-electron chi connectivity index (χ1n) is 11.2. The van der Waals surface area contributed by atoms with Crippen LogP contribution in [0.3, 0.4) is 0 Å². The molecule has 0 aromatic heterocycles. The summed E-state index contributed by atoms with van der Waals surface area (Å²) in [6, 6.07) is 10.7. The zero-order valence-corrected chi connectivity index (χ0v) is 23.1. The molecule has 1 N–H and O–H groups in total. The lowest BCUT2D eigenvalue weighted by molar-refractivity contribution is -0.126. The Kier molecular flexibility index (Phi) is 9.64. The van der Waals surface area contributed by atoms with E-state index < -0.39 is 26.0 Å². The zero-order chi connectivity index (χ0) is 26.5. The van der Waals surface area contributed by atoms with E-state index in [0.29, 0.717) is 35.7 Å². The van der Waals surface area contributed by atoms with Gasteiger partial charge in [-0.05, 0) is 54.8 Å². The van der Waals surface area contributed by atoms with Crippen LogP contribution in [0.1, 0.15) is 18.4 Å². The van der Waals surface area contributed by atoms with Gasteiger partial charge in [0.1, 0.15) is 12.4 Å². The number of benzene rings is 2. The maximum Gasteiger partial charge on any atom is 0.242 e. The van der Waals surface area contributed by atoms with Crippen LogP contribution in [-0.2, 0) is 30.6 Å². The summed E-state index contributed by atoms with van der Waals surface area (Å²) in [7, 11) is -4.23. The predicted octanol–water partition coefficient (Wildman–Crippen LogP) is 2.98. The minimum absolute atomic E-state index is 0.109. The van der Waals surface area contributed by atoms with Gasteiger partial charge in [-0.2, -0.15) is 0 Å². The van der Waals surface area contributed by atoms with E-state index in [4.69, 9.17) is 27.9 Å². The van der Waals surface area contributed by atoms with E-state index >= 15 is 0 Å². The molecule has 0 spiro atoms. The summed E-state index contributed by atoms with van der Waals surface area (Å²) in [6.07, 6.45) is 1.17. The quantitative estimate of drug-likeness (QED) is 0.434. The first-order valence-corrected chi connectivity index (χ1v) is 15.1. The minimum Gasteiger partial charge on any atom is -0.492 e. The summed E-state index contributed by atoms with van der Waals surface area (Å²) in [5, 5.41) is 3.43. The molecule has 0 aliphatic carbocycles. The molecule has 1 aliphatic rings. The molecule has 2 aromatic rings. The lowest BCUT2D eigenvalue weighted by atomic mass is 9.99. The number of nitrogens with one attached hydrogen (secondary N) is 1. The van der Waals surface area contributed by atoms with Crippen LogP contribution in [0.4, 0.5) is 0 Å². The van der Waals surface area contributed by atoms with Gasteiger partial charge in [-0.15, -0.1) is 0 Å². The molecule has 198 valence electrons. The molecular formula is C23H29Cl2N3O6S2. The van der Waals surface area contributed by atoms with E-state index in [1.807, 2.05) is 0 Å². The summed E-state index contributed by atoms with van der Waals surface area (Å²) < 4.78 is 58.1. The maximum atomic E-state index is 12.9. The molecule has 1 atom stereocenters. The average molecular weight is 579 g/mol. The van der Waals surface area contributed by atoms with Gasteiger partial charge in [-0.1, -0.05) is 29.3 Å². The highest BCUT2D eigenvalue weighted by atomic mass is 35.5. The van der Waals surface area contributed by atoms with E-state index in [1.165, 1.54) is 36.6 Å². The largest absolute Gasteiger partial charge is 0.492 e. The molecule has 1 fully saturated rings. The Morgan fingerprint density at radius 2 is 1.78 bits per heavy atom. The van der Waals surface area contributed by atoms with Gasteiger partial charge >= 0.3 is 0 Å². The third-order valence-corrected chi connectivity index (χ3v) is 10.1. The fraction of sp³-hybridized carbons (Fsp3) is 0.435. The number of piperidine rings is 1. The van der Waals surface area contributed by atoms with Gasteiger partial charge in [0.05, 0.1) is 33.2 Å². The molecule has 9 nitrogen and oxygen atoms in total. The number of amides is 1. The second-order valence-corrected chi connectivity index (χ2v) is 13.5. The van der Waals surface area contributed by atoms with Crippen LogP contribution < -0.4 is 10.1 Å². The van der Waals surface area contributed by atoms with Crippen LogP contribution in [0.2, 0.25) is 10.0 Å². The van der Waals surface area contributed by atoms with Crippen molar-refractivity contribution in [1.29, 1.82) is 0 Å². The summed E-state index contributed by atoms with van der Waals surface area (Å²) in [6.45, 7) is 0.870. The Labute approximate surface area is 222 Å². The Balaban J connectivity index is 1.48. The molecule has 2 aromatic carbocycles. The van der Waals surface area contributed by atoms with Crippen molar-refractivity contribution in [2.24, 2.45) is 5.92 Å². The highest BCUT2D eigenvalue weighted by Gasteiger charge is 2.32. The highest BCUT2D eigenvalue weighted by Crippen LogP contribution is 2.26. The van der Waals surface area contributed by atoms with Crippen LogP contribution in [0, 0.1) is 5.92 Å². The summed E-state index contributed by atoms with van der Waals surface area (Å²) in [4.78, 5) is 12.8. The van der Waals surface area contributed by atoms with Crippen molar-refractivity contribution >= 4 is 49.2 Å². The number of sulfonamides is 2. The number of ether oxygens (including phenoxy) is 1. The lowest BCUT2D eigenvalue weighted by Gasteiger charge is -2.31. The van der Waals surface area contributed by atoms with Gasteiger partial charge in [0.25, 0.3) is 0 Å². The van der Waals surface area contributed by atoms with Gasteiger partial charge in [0, 0.05) is 27.2 Å². The monoisotopic (exact) mass is 577 g/mol. The topological polar surface area (TPSA) is 113 Å². The summed E-state index contributed by atoms with van der Waals surface area (Å²) in [5.41, 5.74) is 0.528. The first kappa shape index (κ1) is 28.7. The molecule has 1 aliphatic heterocycles. The van der Waals surface area contributed by atoms with Crippen molar-refractivity contribution < 1.29 is 26.4 Å². The van der Waals surface area contributed by atoms with Crippen LogP contribution in [0.15, 0.2) is 47.4 Å². The maximum absolute atomic E-state index is 12.9. The molecule has 13 heteroatoms. The smallest absolute Gasteiger partial charge is 0.242 e. The average Bonchev–Trinajstić information content (AvgIpc) is 2.84. The third kappa shape index (κ3) is 7.33. The fourth-order valence-corrected chi connectivity index (χ4v) is 6.57. The third-order valence-electron chi connectivity index (χ3n) is 5.75. The van der Waals surface area contributed by atoms with Gasteiger partial charge in [0.2, 0.25) is 26.0 Å². The molecular weight excluding hydrogens is 549 g/mol. The van der Waals surface area contributed by atoms with E-state index in [2.05, 4.69) is 5.32 Å². The number of rotatable bonds is 10. The van der Waals surface area contributed by atoms with Crippen LogP contribution in [0.25, 0.3) is 0 Å². The zero-order valence-electron chi connectivity index (χ0n) is 20.0. The van der Waals surface area contributed by atoms with Gasteiger partial charge in [-0.3, -0.25) is 4.79 Å². The SMILES string of the molecule is CN(C)S(=O)(=O)c1ccc(OCCNC(=O)[C@@H]2CCCN(S(=O)(=O)Cc3ccc(Cl)c(Cl)c3)C2)cc1. The molecule has 0 radical (unpaired) electrons. The standard InChI is InChI=1S/C23H29Cl2N3O6S2/c1-27(2)36(32,33)20-8-6-19(7-9-20)34-13-11-26-23(29)18-4-3-12-28(15-18)35(30,31)16-17-5-10-21(24)22(25)14-17/h5-10,14,18H,3-4,11-13,15-16H2,1-2H3,(H,26,29)/t18-/m1/s1. The Bertz CT molecular complexity index is 1290. The number of halogens is 2. The molecule has 0 unspecified atom stereocenters. The van der Waals surface area contributed by atoms with Crippen molar-refractivity contribution in [3.05, 3.63) is 58.1 Å². The molecule has 36 heavy (non-hydrogen) atoms. The molecule has 0 bridgehead atoms. The van der Waals surface area contributed by atoms with E-state index in [-0.39, 0.29) is 41.3 Å². The van der Waals surface area contributed by atoms with Crippen LogP contribution in [0.5, 0.6) is 5.75 Å². The summed E-state index contributed by atoms with van der Waals surface area (Å²) in [5.74, 6) is -0.446. The van der Waals surface area contributed by atoms with Gasteiger partial charge in [-0.25, -0.2) is 25.4 Å². The van der Waals surface area contributed by atoms with E-state index in [1.54, 1.807) is 24.3 Å².